The summed E-state index contributed by atoms with van der Waals surface area (Å²) in [4.78, 5) is 0. The summed E-state index contributed by atoms with van der Waals surface area (Å²) >= 11 is 0. The number of halogens is 7. The Labute approximate surface area is 74.0 Å². The van der Waals surface area contributed by atoms with Crippen LogP contribution in [-0.2, 0) is 4.74 Å². The van der Waals surface area contributed by atoms with E-state index in [2.05, 4.69) is 4.74 Å². The average Bonchev–Trinajstić information content (AvgIpc) is 1.94. The van der Waals surface area contributed by atoms with Gasteiger partial charge in [0.15, 0.2) is 0 Å². The van der Waals surface area contributed by atoms with E-state index in [4.69, 9.17) is 0 Å². The van der Waals surface area contributed by atoms with Gasteiger partial charge in [0.05, 0.1) is 0 Å². The lowest BCUT2D eigenvalue weighted by atomic mass is 10.2. The SMILES string of the molecule is CCOC(NF)(C(F)(F)F)C(F)(F)F. The van der Waals surface area contributed by atoms with Gasteiger partial charge in [-0.2, -0.15) is 26.3 Å². The highest BCUT2D eigenvalue weighted by atomic mass is 19.4. The van der Waals surface area contributed by atoms with Crippen molar-refractivity contribution in [3.63, 3.8) is 0 Å². The van der Waals surface area contributed by atoms with Crippen molar-refractivity contribution in [2.75, 3.05) is 6.61 Å². The molecule has 2 nitrogen and oxygen atoms in total. The van der Waals surface area contributed by atoms with Gasteiger partial charge in [0, 0.05) is 6.61 Å². The van der Waals surface area contributed by atoms with E-state index < -0.39 is 24.7 Å². The fourth-order valence-corrected chi connectivity index (χ4v) is 0.675. The number of rotatable bonds is 3. The molecule has 0 amide bonds. The molecule has 0 bridgehead atoms. The summed E-state index contributed by atoms with van der Waals surface area (Å²) in [6.07, 6.45) is -11.9. The number of ether oxygens (including phenoxy) is 1. The molecule has 0 rings (SSSR count). The fourth-order valence-electron chi connectivity index (χ4n) is 0.675. The maximum atomic E-state index is 11.9. The number of alkyl halides is 6. The van der Waals surface area contributed by atoms with E-state index in [0.29, 0.717) is 0 Å². The van der Waals surface area contributed by atoms with E-state index >= 15 is 0 Å². The van der Waals surface area contributed by atoms with Gasteiger partial charge in [0.1, 0.15) is 0 Å². The van der Waals surface area contributed by atoms with Crippen LogP contribution in [0.1, 0.15) is 6.92 Å². The van der Waals surface area contributed by atoms with Gasteiger partial charge in [-0.05, 0) is 6.92 Å². The van der Waals surface area contributed by atoms with E-state index in [1.54, 1.807) is 0 Å². The molecule has 0 saturated heterocycles. The summed E-state index contributed by atoms with van der Waals surface area (Å²) in [5, 5.41) is 0. The molecule has 0 fully saturated rings. The van der Waals surface area contributed by atoms with Crippen molar-refractivity contribution in [2.45, 2.75) is 25.0 Å². The Kier molecular flexibility index (Phi) is 3.73. The fraction of sp³-hybridized carbons (Fsp3) is 1.00. The molecule has 0 radical (unpaired) electrons. The predicted molar refractivity (Wildman–Crippen MR) is 30.7 cm³/mol. The third-order valence-electron chi connectivity index (χ3n) is 1.29. The number of hydrogen-bond donors (Lipinski definition) is 1. The first-order chi connectivity index (χ1) is 6.12. The Morgan fingerprint density at radius 1 is 1.00 bits per heavy atom. The minimum absolute atomic E-state index is 0.376. The molecule has 0 unspecified atom stereocenters. The maximum Gasteiger partial charge on any atom is 0.443 e. The summed E-state index contributed by atoms with van der Waals surface area (Å²) < 4.78 is 86.5. The zero-order valence-electron chi connectivity index (χ0n) is 6.76. The molecule has 9 heteroatoms. The van der Waals surface area contributed by atoms with Crippen LogP contribution >= 0.6 is 0 Å². The van der Waals surface area contributed by atoms with Gasteiger partial charge in [-0.3, -0.25) is 0 Å². The zero-order valence-corrected chi connectivity index (χ0v) is 6.76. The molecule has 0 aromatic rings. The molecule has 0 aliphatic heterocycles. The number of nitrogens with one attached hydrogen (secondary N) is 1. The average molecular weight is 229 g/mol. The second-order valence-corrected chi connectivity index (χ2v) is 2.20. The van der Waals surface area contributed by atoms with Crippen LogP contribution in [0.25, 0.3) is 0 Å². The van der Waals surface area contributed by atoms with Crippen molar-refractivity contribution in [1.29, 1.82) is 0 Å². The van der Waals surface area contributed by atoms with Crippen LogP contribution in [0.2, 0.25) is 0 Å². The highest BCUT2D eigenvalue weighted by molar-refractivity contribution is 4.90. The van der Waals surface area contributed by atoms with Gasteiger partial charge in [-0.25, -0.2) is 0 Å². The first-order valence-corrected chi connectivity index (χ1v) is 3.27. The van der Waals surface area contributed by atoms with E-state index in [9.17, 15) is 30.8 Å². The highest BCUT2D eigenvalue weighted by Gasteiger charge is 2.73. The molecule has 0 aliphatic rings. The molecule has 0 atom stereocenters. The molecule has 0 heterocycles. The first-order valence-electron chi connectivity index (χ1n) is 3.27. The second kappa shape index (κ2) is 3.89. The summed E-state index contributed by atoms with van der Waals surface area (Å²) in [6.45, 7) is -0.0699. The summed E-state index contributed by atoms with van der Waals surface area (Å²) in [5.41, 5.74) is -5.33. The molecule has 1 N–H and O–H groups in total. The van der Waals surface area contributed by atoms with Crippen LogP contribution in [0, 0.1) is 0 Å². The Balaban J connectivity index is 5.21. The highest BCUT2D eigenvalue weighted by Crippen LogP contribution is 2.43. The van der Waals surface area contributed by atoms with E-state index in [0.717, 1.165) is 6.92 Å². The standard InChI is InChI=1S/C5H6F7NO/c1-2-14-3(13-12,4(6,7)8)5(9,10)11/h13H,2H2,1H3. The summed E-state index contributed by atoms with van der Waals surface area (Å²) in [5.74, 6) is 0. The van der Waals surface area contributed by atoms with Crippen molar-refractivity contribution < 1.29 is 35.6 Å². The minimum Gasteiger partial charge on any atom is -0.343 e. The van der Waals surface area contributed by atoms with Gasteiger partial charge >= 0.3 is 18.1 Å². The quantitative estimate of drug-likeness (QED) is 0.455. The summed E-state index contributed by atoms with van der Waals surface area (Å²) in [7, 11) is 0. The lowest BCUT2D eigenvalue weighted by Gasteiger charge is -2.33. The van der Waals surface area contributed by atoms with E-state index in [1.165, 1.54) is 0 Å². The third kappa shape index (κ3) is 2.08. The van der Waals surface area contributed by atoms with E-state index in [-0.39, 0.29) is 5.54 Å². The number of hydrogen-bond acceptors (Lipinski definition) is 2. The Bertz CT molecular complexity index is 171. The van der Waals surface area contributed by atoms with Gasteiger partial charge < -0.3 is 4.74 Å². The molecular weight excluding hydrogens is 223 g/mol. The van der Waals surface area contributed by atoms with Crippen LogP contribution in [0.4, 0.5) is 30.8 Å². The van der Waals surface area contributed by atoms with Crippen molar-refractivity contribution >= 4 is 0 Å². The molecular formula is C5H6F7NO. The Morgan fingerprint density at radius 3 is 1.43 bits per heavy atom. The summed E-state index contributed by atoms with van der Waals surface area (Å²) in [6, 6.07) is 0. The molecule has 0 saturated carbocycles. The van der Waals surface area contributed by atoms with Crippen LogP contribution < -0.4 is 5.54 Å². The van der Waals surface area contributed by atoms with Crippen molar-refractivity contribution in [3.05, 3.63) is 0 Å². The Morgan fingerprint density at radius 2 is 1.36 bits per heavy atom. The topological polar surface area (TPSA) is 21.3 Å². The Hall–Kier alpha value is -0.570. The third-order valence-corrected chi connectivity index (χ3v) is 1.29. The minimum atomic E-state index is -5.93. The molecule has 14 heavy (non-hydrogen) atoms. The normalized spacial score (nSPS) is 14.6. The van der Waals surface area contributed by atoms with Gasteiger partial charge in [0.25, 0.3) is 0 Å². The lowest BCUT2D eigenvalue weighted by Crippen LogP contribution is -2.65. The smallest absolute Gasteiger partial charge is 0.343 e. The second-order valence-electron chi connectivity index (χ2n) is 2.20. The van der Waals surface area contributed by atoms with Gasteiger partial charge in [0.2, 0.25) is 0 Å². The van der Waals surface area contributed by atoms with Crippen LogP contribution in [0.15, 0.2) is 0 Å². The monoisotopic (exact) mass is 229 g/mol. The van der Waals surface area contributed by atoms with Crippen molar-refractivity contribution in [3.8, 4) is 0 Å². The predicted octanol–water partition coefficient (Wildman–Crippen LogP) is 2.32. The lowest BCUT2D eigenvalue weighted by molar-refractivity contribution is -0.403. The van der Waals surface area contributed by atoms with Crippen molar-refractivity contribution in [2.24, 2.45) is 0 Å². The largest absolute Gasteiger partial charge is 0.443 e. The van der Waals surface area contributed by atoms with Gasteiger partial charge in [-0.15, -0.1) is 10.0 Å². The van der Waals surface area contributed by atoms with Crippen LogP contribution in [0.3, 0.4) is 0 Å². The maximum absolute atomic E-state index is 11.9. The van der Waals surface area contributed by atoms with Crippen LogP contribution in [0.5, 0.6) is 0 Å². The molecule has 0 aromatic carbocycles. The van der Waals surface area contributed by atoms with Crippen molar-refractivity contribution in [1.82, 2.24) is 5.54 Å². The van der Waals surface area contributed by atoms with Crippen LogP contribution in [-0.4, -0.2) is 24.7 Å². The zero-order chi connectivity index (χ0) is 11.6. The molecule has 0 aromatic heterocycles. The molecule has 86 valence electrons. The first kappa shape index (κ1) is 13.4. The van der Waals surface area contributed by atoms with E-state index in [1.807, 2.05) is 0 Å². The molecule has 0 aliphatic carbocycles. The van der Waals surface area contributed by atoms with Gasteiger partial charge in [-0.1, -0.05) is 0 Å². The molecule has 0 spiro atoms.